The van der Waals surface area contributed by atoms with E-state index in [-0.39, 0.29) is 5.75 Å². The van der Waals surface area contributed by atoms with Gasteiger partial charge in [0.25, 0.3) is 0 Å². The lowest BCUT2D eigenvalue weighted by Gasteiger charge is -2.12. The summed E-state index contributed by atoms with van der Waals surface area (Å²) in [7, 11) is -6.01. The molecule has 1 saturated carbocycles. The van der Waals surface area contributed by atoms with Crippen molar-refractivity contribution < 1.29 is 16.8 Å². The SMILES string of the molecule is CS(=O)(=O)C1(c2ccc(Cl)nc2)CC1.CS(=O)(=O)Cc1ccc(Cl)nc1.CSCc1ccc(Cl)nc1. The van der Waals surface area contributed by atoms with Crippen LogP contribution in [0.3, 0.4) is 0 Å². The second-order valence-electron chi connectivity index (χ2n) is 8.12. The van der Waals surface area contributed by atoms with Gasteiger partial charge in [-0.3, -0.25) is 0 Å². The smallest absolute Gasteiger partial charge is 0.157 e. The highest BCUT2D eigenvalue weighted by Crippen LogP contribution is 2.52. The number of sulfone groups is 2. The molecule has 0 N–H and O–H groups in total. The Hall–Kier alpha value is -1.43. The van der Waals surface area contributed by atoms with E-state index in [2.05, 4.69) is 21.2 Å². The Morgan fingerprint density at radius 1 is 0.778 bits per heavy atom. The molecule has 0 amide bonds. The van der Waals surface area contributed by atoms with Crippen molar-refractivity contribution in [2.45, 2.75) is 29.1 Å². The highest BCUT2D eigenvalue weighted by atomic mass is 35.5. The Bertz CT molecular complexity index is 1330. The van der Waals surface area contributed by atoms with Crippen LogP contribution < -0.4 is 0 Å². The maximum absolute atomic E-state index is 11.5. The fourth-order valence-electron chi connectivity index (χ4n) is 3.09. The average Bonchev–Trinajstić information content (AvgIpc) is 3.60. The van der Waals surface area contributed by atoms with Crippen LogP contribution in [0.4, 0.5) is 0 Å². The van der Waals surface area contributed by atoms with Gasteiger partial charge in [0, 0.05) is 36.9 Å². The summed E-state index contributed by atoms with van der Waals surface area (Å²) in [5.41, 5.74) is 2.63. The van der Waals surface area contributed by atoms with Crippen LogP contribution in [0.1, 0.15) is 29.5 Å². The first-order valence-electron chi connectivity index (χ1n) is 10.4. The average molecular weight is 611 g/mol. The molecule has 0 spiro atoms. The maximum Gasteiger partial charge on any atom is 0.157 e. The van der Waals surface area contributed by atoms with Gasteiger partial charge >= 0.3 is 0 Å². The minimum absolute atomic E-state index is 0.0111. The molecule has 196 valence electrons. The molecule has 1 aliphatic rings. The number of thioether (sulfide) groups is 1. The summed E-state index contributed by atoms with van der Waals surface area (Å²) in [6.45, 7) is 0. The van der Waals surface area contributed by atoms with E-state index < -0.39 is 24.4 Å². The Kier molecular flexibility index (Phi) is 11.5. The van der Waals surface area contributed by atoms with Crippen LogP contribution in [0.15, 0.2) is 55.0 Å². The molecule has 0 unspecified atom stereocenters. The van der Waals surface area contributed by atoms with E-state index in [1.54, 1.807) is 48.4 Å². The van der Waals surface area contributed by atoms with E-state index in [0.29, 0.717) is 33.9 Å². The topological polar surface area (TPSA) is 107 Å². The summed E-state index contributed by atoms with van der Waals surface area (Å²) in [5, 5.41) is 1.31. The lowest BCUT2D eigenvalue weighted by atomic mass is 10.2. The predicted octanol–water partition coefficient (Wildman–Crippen LogP) is 5.65. The largest absolute Gasteiger partial charge is 0.244 e. The van der Waals surface area contributed by atoms with Crippen molar-refractivity contribution in [3.8, 4) is 0 Å². The van der Waals surface area contributed by atoms with Gasteiger partial charge in [-0.2, -0.15) is 11.8 Å². The van der Waals surface area contributed by atoms with E-state index in [1.807, 2.05) is 12.1 Å². The van der Waals surface area contributed by atoms with Crippen LogP contribution in [0.5, 0.6) is 0 Å². The third-order valence-corrected chi connectivity index (χ3v) is 9.20. The molecule has 36 heavy (non-hydrogen) atoms. The molecule has 1 fully saturated rings. The summed E-state index contributed by atoms with van der Waals surface area (Å²) in [4.78, 5) is 11.6. The van der Waals surface area contributed by atoms with Gasteiger partial charge in [0.2, 0.25) is 0 Å². The minimum Gasteiger partial charge on any atom is -0.244 e. The second-order valence-corrected chi connectivity index (χ2v) is 14.6. The van der Waals surface area contributed by atoms with Gasteiger partial charge in [-0.05, 0) is 54.0 Å². The predicted molar refractivity (Wildman–Crippen MR) is 149 cm³/mol. The maximum atomic E-state index is 11.5. The molecule has 7 nitrogen and oxygen atoms in total. The zero-order chi connectivity index (χ0) is 27.0. The molecular formula is C23H26Cl3N3O4S3. The van der Waals surface area contributed by atoms with Crippen molar-refractivity contribution >= 4 is 66.2 Å². The second kappa shape index (κ2) is 13.4. The summed E-state index contributed by atoms with van der Waals surface area (Å²) in [5.74, 6) is 1.02. The number of hydrogen-bond donors (Lipinski definition) is 0. The molecule has 3 aromatic rings. The van der Waals surface area contributed by atoms with E-state index in [1.165, 1.54) is 24.3 Å². The standard InChI is InChI=1S/C9H10ClNO2S.C7H8ClNO2S.C7H8ClNS/c1-14(12,13)9(4-5-9)7-2-3-8(10)11-6-7;1-12(10,11)5-6-2-3-7(8)9-4-6;1-10-5-6-2-3-7(8)9-4-6/h2-3,6H,4-5H2,1H3;2-4H,5H2,1H3;2-4H,5H2,1H3. The molecule has 3 heterocycles. The van der Waals surface area contributed by atoms with Gasteiger partial charge in [-0.15, -0.1) is 0 Å². The zero-order valence-electron chi connectivity index (χ0n) is 19.9. The molecule has 0 aromatic carbocycles. The number of rotatable bonds is 6. The van der Waals surface area contributed by atoms with Crippen molar-refractivity contribution in [1.29, 1.82) is 0 Å². The van der Waals surface area contributed by atoms with Crippen LogP contribution in [-0.2, 0) is 35.9 Å². The van der Waals surface area contributed by atoms with Crippen molar-refractivity contribution in [3.05, 3.63) is 87.1 Å². The van der Waals surface area contributed by atoms with Crippen LogP contribution in [0.25, 0.3) is 0 Å². The highest BCUT2D eigenvalue weighted by molar-refractivity contribution is 7.97. The van der Waals surface area contributed by atoms with Crippen LogP contribution >= 0.6 is 46.6 Å². The monoisotopic (exact) mass is 609 g/mol. The molecule has 1 aliphatic carbocycles. The van der Waals surface area contributed by atoms with Crippen molar-refractivity contribution in [2.75, 3.05) is 18.8 Å². The molecule has 0 radical (unpaired) electrons. The van der Waals surface area contributed by atoms with Gasteiger partial charge in [0.05, 0.1) is 10.5 Å². The normalized spacial score (nSPS) is 14.1. The Morgan fingerprint density at radius 2 is 1.25 bits per heavy atom. The summed E-state index contributed by atoms with van der Waals surface area (Å²) in [6, 6.07) is 10.4. The van der Waals surface area contributed by atoms with Crippen molar-refractivity contribution in [1.82, 2.24) is 15.0 Å². The first-order valence-corrected chi connectivity index (χ1v) is 16.9. The van der Waals surface area contributed by atoms with Gasteiger partial charge in [0.15, 0.2) is 19.7 Å². The number of hydrogen-bond acceptors (Lipinski definition) is 8. The van der Waals surface area contributed by atoms with E-state index in [9.17, 15) is 16.8 Å². The zero-order valence-corrected chi connectivity index (χ0v) is 24.6. The molecule has 4 rings (SSSR count). The number of aromatic nitrogens is 3. The number of halogens is 3. The summed E-state index contributed by atoms with van der Waals surface area (Å²) >= 11 is 18.5. The van der Waals surface area contributed by atoms with Crippen LogP contribution in [0.2, 0.25) is 15.5 Å². The lowest BCUT2D eigenvalue weighted by Crippen LogP contribution is -2.19. The third kappa shape index (κ3) is 10.1. The molecule has 0 bridgehead atoms. The quantitative estimate of drug-likeness (QED) is 0.330. The van der Waals surface area contributed by atoms with Gasteiger partial charge in [0.1, 0.15) is 15.5 Å². The Balaban J connectivity index is 0.000000193. The number of pyridine rings is 3. The van der Waals surface area contributed by atoms with Crippen molar-refractivity contribution in [3.63, 3.8) is 0 Å². The van der Waals surface area contributed by atoms with Gasteiger partial charge in [-0.25, -0.2) is 31.8 Å². The summed E-state index contributed by atoms with van der Waals surface area (Å²) in [6.07, 6.45) is 10.7. The van der Waals surface area contributed by atoms with Gasteiger partial charge < -0.3 is 0 Å². The molecular weight excluding hydrogens is 585 g/mol. The van der Waals surface area contributed by atoms with Crippen LogP contribution in [0, 0.1) is 0 Å². The minimum atomic E-state index is -3.04. The summed E-state index contributed by atoms with van der Waals surface area (Å²) < 4.78 is 44.1. The Labute approximate surface area is 231 Å². The number of nitrogens with zero attached hydrogens (tertiary/aromatic N) is 3. The molecule has 0 saturated heterocycles. The fourth-order valence-corrected chi connectivity index (χ4v) is 6.09. The van der Waals surface area contributed by atoms with E-state index in [0.717, 1.165) is 11.3 Å². The first-order chi connectivity index (χ1) is 16.8. The molecule has 3 aromatic heterocycles. The molecule has 0 atom stereocenters. The van der Waals surface area contributed by atoms with Gasteiger partial charge in [-0.1, -0.05) is 53.0 Å². The van der Waals surface area contributed by atoms with Crippen LogP contribution in [-0.4, -0.2) is 50.6 Å². The first kappa shape index (κ1) is 30.8. The molecule has 13 heteroatoms. The van der Waals surface area contributed by atoms with E-state index >= 15 is 0 Å². The highest BCUT2D eigenvalue weighted by Gasteiger charge is 2.53. The molecule has 0 aliphatic heterocycles. The Morgan fingerprint density at radius 3 is 1.58 bits per heavy atom. The van der Waals surface area contributed by atoms with Crippen molar-refractivity contribution in [2.24, 2.45) is 0 Å². The third-order valence-electron chi connectivity index (χ3n) is 4.98. The fraction of sp³-hybridized carbons (Fsp3) is 0.348. The van der Waals surface area contributed by atoms with E-state index in [4.69, 9.17) is 34.8 Å². The lowest BCUT2D eigenvalue weighted by molar-refractivity contribution is 0.586.